The van der Waals surface area contributed by atoms with E-state index >= 15 is 0 Å². The van der Waals surface area contributed by atoms with Crippen LogP contribution in [0.15, 0.2) is 30.6 Å². The molecule has 0 fully saturated rings. The first-order valence-electron chi connectivity index (χ1n) is 5.21. The number of carbonyl (C=O) groups is 1. The molecule has 1 N–H and O–H groups in total. The predicted octanol–water partition coefficient (Wildman–Crippen LogP) is 1.72. The molecule has 0 spiro atoms. The quantitative estimate of drug-likeness (QED) is 0.675. The van der Waals surface area contributed by atoms with Gasteiger partial charge in [-0.3, -0.25) is 4.79 Å². The summed E-state index contributed by atoms with van der Waals surface area (Å²) in [5.74, 6) is -1.65. The number of aromatic nitrogens is 2. The maximum atomic E-state index is 12.7. The molecule has 1 amide bonds. The molecular weight excluding hydrogens is 255 g/mol. The average Bonchev–Trinajstić information content (AvgIpc) is 2.74. The van der Waals surface area contributed by atoms with Crippen LogP contribution >= 0.6 is 0 Å². The van der Waals surface area contributed by atoms with Crippen molar-refractivity contribution in [1.29, 1.82) is 0 Å². The number of imidazole rings is 1. The Labute approximate surface area is 106 Å². The lowest BCUT2D eigenvalue weighted by atomic mass is 10.3. The maximum absolute atomic E-state index is 12.7. The normalized spacial score (nSPS) is 10.2. The molecule has 0 radical (unpaired) electrons. The van der Waals surface area contributed by atoms with Gasteiger partial charge in [0.1, 0.15) is 5.82 Å². The molecule has 7 nitrogen and oxygen atoms in total. The summed E-state index contributed by atoms with van der Waals surface area (Å²) in [6.45, 7) is 0. The fourth-order valence-corrected chi connectivity index (χ4v) is 1.54. The summed E-state index contributed by atoms with van der Waals surface area (Å²) in [5.41, 5.74) is 0.163. The molecule has 0 saturated carbocycles. The van der Waals surface area contributed by atoms with Gasteiger partial charge in [0.2, 0.25) is 12.0 Å². The van der Waals surface area contributed by atoms with Gasteiger partial charge in [0.15, 0.2) is 0 Å². The summed E-state index contributed by atoms with van der Waals surface area (Å²) >= 11 is 0. The van der Waals surface area contributed by atoms with Gasteiger partial charge in [-0.15, -0.1) is 0 Å². The lowest BCUT2D eigenvalue weighted by Gasteiger charge is -2.05. The Morgan fingerprint density at radius 2 is 2.05 bits per heavy atom. The highest BCUT2D eigenvalue weighted by molar-refractivity contribution is 6.05. The van der Waals surface area contributed by atoms with Crippen molar-refractivity contribution in [2.24, 2.45) is 7.05 Å². The Bertz CT molecular complexity index is 636. The van der Waals surface area contributed by atoms with Crippen molar-refractivity contribution in [2.75, 3.05) is 5.32 Å². The first-order valence-corrected chi connectivity index (χ1v) is 5.21. The third kappa shape index (κ3) is 2.57. The van der Waals surface area contributed by atoms with E-state index in [0.29, 0.717) is 5.69 Å². The SMILES string of the molecule is Cn1cnc([N+](=O)[O-])c1C(=O)Nc1ccc(F)cc1. The van der Waals surface area contributed by atoms with Gasteiger partial charge >= 0.3 is 5.82 Å². The van der Waals surface area contributed by atoms with Crippen molar-refractivity contribution in [1.82, 2.24) is 9.55 Å². The van der Waals surface area contributed by atoms with Crippen LogP contribution in [0.2, 0.25) is 0 Å². The summed E-state index contributed by atoms with van der Waals surface area (Å²) in [6, 6.07) is 5.06. The topological polar surface area (TPSA) is 90.1 Å². The molecule has 0 unspecified atom stereocenters. The van der Waals surface area contributed by atoms with Crippen molar-refractivity contribution >= 4 is 17.4 Å². The summed E-state index contributed by atoms with van der Waals surface area (Å²) in [4.78, 5) is 25.5. The first kappa shape index (κ1) is 12.7. The number of anilines is 1. The fraction of sp³-hybridized carbons (Fsp3) is 0.0909. The minimum absolute atomic E-state index is 0.172. The smallest absolute Gasteiger partial charge is 0.358 e. The Hall–Kier alpha value is -2.77. The van der Waals surface area contributed by atoms with Gasteiger partial charge in [0.25, 0.3) is 5.91 Å². The zero-order valence-corrected chi connectivity index (χ0v) is 9.83. The van der Waals surface area contributed by atoms with E-state index in [4.69, 9.17) is 0 Å². The van der Waals surface area contributed by atoms with E-state index in [-0.39, 0.29) is 5.69 Å². The second kappa shape index (κ2) is 4.84. The van der Waals surface area contributed by atoms with Gasteiger partial charge in [0.05, 0.1) is 0 Å². The minimum atomic E-state index is -0.737. The molecule has 0 saturated heterocycles. The summed E-state index contributed by atoms with van der Waals surface area (Å²) in [5, 5.41) is 13.2. The first-order chi connectivity index (χ1) is 8.99. The number of amides is 1. The Morgan fingerprint density at radius 3 is 2.63 bits per heavy atom. The third-order valence-electron chi connectivity index (χ3n) is 2.41. The van der Waals surface area contributed by atoms with Crippen LogP contribution < -0.4 is 5.32 Å². The van der Waals surface area contributed by atoms with Gasteiger partial charge in [-0.25, -0.2) is 4.39 Å². The lowest BCUT2D eigenvalue weighted by molar-refractivity contribution is -0.389. The summed E-state index contributed by atoms with van der Waals surface area (Å²) < 4.78 is 14.0. The molecule has 0 aliphatic carbocycles. The highest BCUT2D eigenvalue weighted by Gasteiger charge is 2.26. The van der Waals surface area contributed by atoms with E-state index in [1.165, 1.54) is 42.2 Å². The van der Waals surface area contributed by atoms with E-state index in [0.717, 1.165) is 0 Å². The van der Waals surface area contributed by atoms with Gasteiger partial charge in [-0.1, -0.05) is 0 Å². The van der Waals surface area contributed by atoms with E-state index in [1.807, 2.05) is 0 Å². The molecule has 0 bridgehead atoms. The number of nitrogens with one attached hydrogen (secondary N) is 1. The van der Waals surface area contributed by atoms with Crippen LogP contribution in [0, 0.1) is 15.9 Å². The minimum Gasteiger partial charge on any atom is -0.358 e. The number of benzene rings is 1. The average molecular weight is 264 g/mol. The number of hydrogen-bond donors (Lipinski definition) is 1. The molecule has 0 atom stereocenters. The van der Waals surface area contributed by atoms with Crippen LogP contribution in [0.5, 0.6) is 0 Å². The zero-order chi connectivity index (χ0) is 14.0. The maximum Gasteiger partial charge on any atom is 0.394 e. The number of nitro groups is 1. The molecular formula is C11H9FN4O3. The van der Waals surface area contributed by atoms with Gasteiger partial charge in [-0.05, 0) is 34.2 Å². The second-order valence-corrected chi connectivity index (χ2v) is 3.75. The second-order valence-electron chi connectivity index (χ2n) is 3.75. The van der Waals surface area contributed by atoms with Crippen molar-refractivity contribution in [3.63, 3.8) is 0 Å². The fourth-order valence-electron chi connectivity index (χ4n) is 1.54. The molecule has 2 rings (SSSR count). The third-order valence-corrected chi connectivity index (χ3v) is 2.41. The molecule has 19 heavy (non-hydrogen) atoms. The monoisotopic (exact) mass is 264 g/mol. The van der Waals surface area contributed by atoms with Crippen molar-refractivity contribution in [3.05, 3.63) is 52.2 Å². The Morgan fingerprint density at radius 1 is 1.42 bits per heavy atom. The van der Waals surface area contributed by atoms with Gasteiger partial charge in [0, 0.05) is 12.7 Å². The van der Waals surface area contributed by atoms with E-state index in [1.54, 1.807) is 0 Å². The zero-order valence-electron chi connectivity index (χ0n) is 9.83. The molecule has 1 aromatic carbocycles. The molecule has 98 valence electrons. The van der Waals surface area contributed by atoms with Crippen molar-refractivity contribution in [3.8, 4) is 0 Å². The number of hydrogen-bond acceptors (Lipinski definition) is 4. The molecule has 1 heterocycles. The van der Waals surface area contributed by atoms with E-state index in [2.05, 4.69) is 10.3 Å². The van der Waals surface area contributed by atoms with Crippen LogP contribution in [0.25, 0.3) is 0 Å². The van der Waals surface area contributed by atoms with Crippen LogP contribution in [0.1, 0.15) is 10.5 Å². The van der Waals surface area contributed by atoms with Crippen LogP contribution in [0.3, 0.4) is 0 Å². The highest BCUT2D eigenvalue weighted by Crippen LogP contribution is 2.17. The number of nitrogens with zero attached hydrogens (tertiary/aromatic N) is 3. The molecule has 2 aromatic rings. The number of aryl methyl sites for hydroxylation is 1. The van der Waals surface area contributed by atoms with Crippen LogP contribution in [-0.2, 0) is 7.05 Å². The molecule has 0 aliphatic rings. The number of rotatable bonds is 3. The molecule has 0 aliphatic heterocycles. The summed E-state index contributed by atoms with van der Waals surface area (Å²) in [7, 11) is 1.47. The van der Waals surface area contributed by atoms with Crippen molar-refractivity contribution < 1.29 is 14.1 Å². The van der Waals surface area contributed by atoms with Crippen LogP contribution in [-0.4, -0.2) is 20.4 Å². The Kier molecular flexibility index (Phi) is 3.23. The molecule has 1 aromatic heterocycles. The van der Waals surface area contributed by atoms with Gasteiger partial charge < -0.3 is 20.0 Å². The Balaban J connectivity index is 2.27. The lowest BCUT2D eigenvalue weighted by Crippen LogP contribution is -2.17. The molecule has 8 heteroatoms. The summed E-state index contributed by atoms with van der Waals surface area (Å²) in [6.07, 6.45) is 1.18. The standard InChI is InChI=1S/C11H9FN4O3/c1-15-6-13-10(16(18)19)9(15)11(17)14-8-4-2-7(12)3-5-8/h2-6H,1H3,(H,14,17). The van der Waals surface area contributed by atoms with Crippen molar-refractivity contribution in [2.45, 2.75) is 0 Å². The number of halogens is 1. The predicted molar refractivity (Wildman–Crippen MR) is 64.2 cm³/mol. The highest BCUT2D eigenvalue weighted by atomic mass is 19.1. The van der Waals surface area contributed by atoms with Gasteiger partial charge in [-0.2, -0.15) is 0 Å². The van der Waals surface area contributed by atoms with E-state index < -0.39 is 22.5 Å². The van der Waals surface area contributed by atoms with E-state index in [9.17, 15) is 19.3 Å². The number of carbonyl (C=O) groups excluding carboxylic acids is 1. The largest absolute Gasteiger partial charge is 0.394 e. The van der Waals surface area contributed by atoms with Crippen LogP contribution in [0.4, 0.5) is 15.9 Å².